The van der Waals surface area contributed by atoms with Crippen LogP contribution in [-0.2, 0) is 0 Å². The average Bonchev–Trinajstić information content (AvgIpc) is 2.49. The summed E-state index contributed by atoms with van der Waals surface area (Å²) in [4.78, 5) is 0. The van der Waals surface area contributed by atoms with E-state index in [1.807, 2.05) is 19.2 Å². The van der Waals surface area contributed by atoms with Crippen LogP contribution < -0.4 is 4.74 Å². The molecular formula is C11H11FOS. The van der Waals surface area contributed by atoms with E-state index in [1.165, 1.54) is 6.07 Å². The molecule has 0 atom stereocenters. The molecule has 2 rings (SSSR count). The van der Waals surface area contributed by atoms with Crippen molar-refractivity contribution >= 4 is 21.4 Å². The molecule has 0 fully saturated rings. The molecule has 14 heavy (non-hydrogen) atoms. The Labute approximate surface area is 86.1 Å². The molecule has 74 valence electrons. The lowest BCUT2D eigenvalue weighted by Crippen LogP contribution is -1.92. The van der Waals surface area contributed by atoms with Crippen molar-refractivity contribution in [1.82, 2.24) is 0 Å². The molecule has 0 amide bonds. The highest BCUT2D eigenvalue weighted by molar-refractivity contribution is 7.17. The summed E-state index contributed by atoms with van der Waals surface area (Å²) in [6, 6.07) is 3.01. The van der Waals surface area contributed by atoms with Crippen molar-refractivity contribution in [3.63, 3.8) is 0 Å². The topological polar surface area (TPSA) is 9.23 Å². The SMILES string of the molecule is CCOc1cc(F)cc2c(C)csc12. The van der Waals surface area contributed by atoms with Crippen molar-refractivity contribution < 1.29 is 9.13 Å². The average molecular weight is 210 g/mol. The molecule has 0 aliphatic rings. The summed E-state index contributed by atoms with van der Waals surface area (Å²) < 4.78 is 19.6. The number of benzene rings is 1. The van der Waals surface area contributed by atoms with E-state index in [9.17, 15) is 4.39 Å². The molecule has 0 radical (unpaired) electrons. The minimum atomic E-state index is -0.234. The Bertz CT molecular complexity index is 462. The molecule has 1 heterocycles. The lowest BCUT2D eigenvalue weighted by Gasteiger charge is -2.04. The lowest BCUT2D eigenvalue weighted by atomic mass is 10.2. The van der Waals surface area contributed by atoms with Crippen LogP contribution in [0.4, 0.5) is 4.39 Å². The molecular weight excluding hydrogens is 199 g/mol. The maximum atomic E-state index is 13.2. The fourth-order valence-corrected chi connectivity index (χ4v) is 2.46. The first-order valence-electron chi connectivity index (χ1n) is 4.52. The van der Waals surface area contributed by atoms with Gasteiger partial charge in [0, 0.05) is 11.5 Å². The molecule has 0 bridgehead atoms. The Morgan fingerprint density at radius 3 is 2.93 bits per heavy atom. The molecule has 0 aliphatic carbocycles. The van der Waals surface area contributed by atoms with Crippen molar-refractivity contribution in [1.29, 1.82) is 0 Å². The standard InChI is InChI=1S/C11H11FOS/c1-3-13-10-5-8(12)4-9-7(2)6-14-11(9)10/h4-6H,3H2,1-2H3. The Morgan fingerprint density at radius 1 is 1.43 bits per heavy atom. The van der Waals surface area contributed by atoms with Gasteiger partial charge < -0.3 is 4.74 Å². The molecule has 3 heteroatoms. The minimum Gasteiger partial charge on any atom is -0.492 e. The van der Waals surface area contributed by atoms with Crippen LogP contribution in [0.1, 0.15) is 12.5 Å². The number of thiophene rings is 1. The maximum absolute atomic E-state index is 13.2. The van der Waals surface area contributed by atoms with Gasteiger partial charge in [-0.15, -0.1) is 11.3 Å². The number of aryl methyl sites for hydroxylation is 1. The number of fused-ring (bicyclic) bond motifs is 1. The number of rotatable bonds is 2. The molecule has 0 N–H and O–H groups in total. The summed E-state index contributed by atoms with van der Waals surface area (Å²) >= 11 is 1.60. The Balaban J connectivity index is 2.68. The second kappa shape index (κ2) is 3.58. The monoisotopic (exact) mass is 210 g/mol. The third kappa shape index (κ3) is 1.48. The number of halogens is 1. The van der Waals surface area contributed by atoms with E-state index in [2.05, 4.69) is 0 Å². The fraction of sp³-hybridized carbons (Fsp3) is 0.273. The van der Waals surface area contributed by atoms with Gasteiger partial charge in [0.05, 0.1) is 11.3 Å². The second-order valence-electron chi connectivity index (χ2n) is 3.13. The van der Waals surface area contributed by atoms with Crippen LogP contribution in [0.3, 0.4) is 0 Å². The first-order valence-corrected chi connectivity index (χ1v) is 5.40. The second-order valence-corrected chi connectivity index (χ2v) is 4.01. The third-order valence-corrected chi connectivity index (χ3v) is 3.23. The van der Waals surface area contributed by atoms with Gasteiger partial charge in [-0.25, -0.2) is 4.39 Å². The third-order valence-electron chi connectivity index (χ3n) is 2.10. The Hall–Kier alpha value is -1.09. The smallest absolute Gasteiger partial charge is 0.139 e. The quantitative estimate of drug-likeness (QED) is 0.733. The van der Waals surface area contributed by atoms with Crippen LogP contribution in [0.25, 0.3) is 10.1 Å². The molecule has 1 aromatic carbocycles. The highest BCUT2D eigenvalue weighted by atomic mass is 32.1. The predicted molar refractivity (Wildman–Crippen MR) is 57.7 cm³/mol. The molecule has 0 saturated carbocycles. The van der Waals surface area contributed by atoms with E-state index in [0.717, 1.165) is 15.6 Å². The lowest BCUT2D eigenvalue weighted by molar-refractivity contribution is 0.343. The molecule has 1 aromatic heterocycles. The molecule has 2 aromatic rings. The van der Waals surface area contributed by atoms with Crippen molar-refractivity contribution in [3.05, 3.63) is 28.9 Å². The van der Waals surface area contributed by atoms with Gasteiger partial charge in [-0.2, -0.15) is 0 Å². The fourth-order valence-electron chi connectivity index (χ4n) is 1.46. The van der Waals surface area contributed by atoms with Crippen LogP contribution in [-0.4, -0.2) is 6.61 Å². The molecule has 1 nitrogen and oxygen atoms in total. The number of ether oxygens (including phenoxy) is 1. The molecule has 0 saturated heterocycles. The van der Waals surface area contributed by atoms with Crippen LogP contribution in [0.5, 0.6) is 5.75 Å². The summed E-state index contributed by atoms with van der Waals surface area (Å²) in [6.07, 6.45) is 0. The van der Waals surface area contributed by atoms with Crippen molar-refractivity contribution in [3.8, 4) is 5.75 Å². The van der Waals surface area contributed by atoms with E-state index in [0.29, 0.717) is 12.4 Å². The van der Waals surface area contributed by atoms with E-state index in [4.69, 9.17) is 4.74 Å². The summed E-state index contributed by atoms with van der Waals surface area (Å²) in [5.74, 6) is 0.419. The summed E-state index contributed by atoms with van der Waals surface area (Å²) in [5, 5.41) is 2.98. The van der Waals surface area contributed by atoms with Crippen molar-refractivity contribution in [2.75, 3.05) is 6.61 Å². The van der Waals surface area contributed by atoms with Gasteiger partial charge in [0.2, 0.25) is 0 Å². The first kappa shape index (κ1) is 9.46. The van der Waals surface area contributed by atoms with Crippen molar-refractivity contribution in [2.24, 2.45) is 0 Å². The zero-order valence-corrected chi connectivity index (χ0v) is 8.95. The number of hydrogen-bond donors (Lipinski definition) is 0. The van der Waals surface area contributed by atoms with Crippen LogP contribution >= 0.6 is 11.3 Å². The Morgan fingerprint density at radius 2 is 2.21 bits per heavy atom. The molecule has 0 unspecified atom stereocenters. The first-order chi connectivity index (χ1) is 6.72. The van der Waals surface area contributed by atoms with E-state index in [-0.39, 0.29) is 5.82 Å². The van der Waals surface area contributed by atoms with Gasteiger partial charge >= 0.3 is 0 Å². The van der Waals surface area contributed by atoms with Gasteiger partial charge in [-0.1, -0.05) is 0 Å². The molecule has 0 spiro atoms. The highest BCUT2D eigenvalue weighted by Crippen LogP contribution is 2.34. The van der Waals surface area contributed by atoms with Crippen LogP contribution in [0.15, 0.2) is 17.5 Å². The van der Waals surface area contributed by atoms with E-state index < -0.39 is 0 Å². The number of hydrogen-bond acceptors (Lipinski definition) is 2. The van der Waals surface area contributed by atoms with E-state index >= 15 is 0 Å². The zero-order valence-electron chi connectivity index (χ0n) is 8.13. The van der Waals surface area contributed by atoms with Gasteiger partial charge in [0.15, 0.2) is 0 Å². The summed E-state index contributed by atoms with van der Waals surface area (Å²) in [5.41, 5.74) is 1.10. The van der Waals surface area contributed by atoms with Gasteiger partial charge in [0.1, 0.15) is 11.6 Å². The predicted octanol–water partition coefficient (Wildman–Crippen LogP) is 3.75. The maximum Gasteiger partial charge on any atom is 0.139 e. The summed E-state index contributed by atoms with van der Waals surface area (Å²) in [7, 11) is 0. The highest BCUT2D eigenvalue weighted by Gasteiger charge is 2.08. The molecule has 0 aliphatic heterocycles. The van der Waals surface area contributed by atoms with Gasteiger partial charge in [-0.05, 0) is 30.9 Å². The Kier molecular flexibility index (Phi) is 2.42. The van der Waals surface area contributed by atoms with Crippen LogP contribution in [0.2, 0.25) is 0 Å². The normalized spacial score (nSPS) is 10.8. The minimum absolute atomic E-state index is 0.234. The van der Waals surface area contributed by atoms with Gasteiger partial charge in [0.25, 0.3) is 0 Å². The largest absolute Gasteiger partial charge is 0.492 e. The van der Waals surface area contributed by atoms with Crippen LogP contribution in [0, 0.1) is 12.7 Å². The van der Waals surface area contributed by atoms with E-state index in [1.54, 1.807) is 17.4 Å². The van der Waals surface area contributed by atoms with Crippen molar-refractivity contribution in [2.45, 2.75) is 13.8 Å². The summed E-state index contributed by atoms with van der Waals surface area (Å²) in [6.45, 7) is 4.45. The van der Waals surface area contributed by atoms with Gasteiger partial charge in [-0.3, -0.25) is 0 Å². The zero-order chi connectivity index (χ0) is 10.1.